The van der Waals surface area contributed by atoms with Crippen molar-refractivity contribution in [1.29, 1.82) is 0 Å². The summed E-state index contributed by atoms with van der Waals surface area (Å²) >= 11 is 0. The van der Waals surface area contributed by atoms with Crippen LogP contribution in [0.3, 0.4) is 0 Å². The van der Waals surface area contributed by atoms with Crippen molar-refractivity contribution in [2.24, 2.45) is 4.99 Å². The van der Waals surface area contributed by atoms with Crippen LogP contribution in [0.1, 0.15) is 23.5 Å². The maximum atomic E-state index is 10.2. The molecule has 0 radical (unpaired) electrons. The Morgan fingerprint density at radius 3 is 2.87 bits per heavy atom. The first-order valence-corrected chi connectivity index (χ1v) is 8.04. The Hall–Kier alpha value is -1.85. The highest BCUT2D eigenvalue weighted by molar-refractivity contribution is 6.01. The standard InChI is InChI=1S/C16H23N3O2.C2H4/c1-17-16-13-4-3-11(12-5-6-18-10-14(12)20)9-15(13)21-8-7-19(16)2;1-2/h3-4,9,12,14,18,20H,5-8,10H2,1-2H3;1-2H2. The number of β-amino-alcohol motifs (C(OH)–C–C–N with tert-alkyl or cyclic N) is 1. The summed E-state index contributed by atoms with van der Waals surface area (Å²) in [4.78, 5) is 6.51. The lowest BCUT2D eigenvalue weighted by Crippen LogP contribution is -2.39. The Kier molecular flexibility index (Phi) is 6.19. The van der Waals surface area contributed by atoms with Crippen LogP contribution < -0.4 is 10.1 Å². The molecule has 1 fully saturated rings. The van der Waals surface area contributed by atoms with Crippen molar-refractivity contribution < 1.29 is 9.84 Å². The number of benzene rings is 1. The number of amidine groups is 1. The molecule has 0 amide bonds. The lowest BCUT2D eigenvalue weighted by molar-refractivity contribution is 0.118. The van der Waals surface area contributed by atoms with Crippen molar-refractivity contribution in [1.82, 2.24) is 10.2 Å². The quantitative estimate of drug-likeness (QED) is 0.773. The Labute approximate surface area is 138 Å². The number of piperidine rings is 1. The van der Waals surface area contributed by atoms with Crippen LogP contribution in [0.25, 0.3) is 0 Å². The van der Waals surface area contributed by atoms with Gasteiger partial charge in [0.1, 0.15) is 18.2 Å². The van der Waals surface area contributed by atoms with E-state index < -0.39 is 0 Å². The summed E-state index contributed by atoms with van der Waals surface area (Å²) in [6.07, 6.45) is 0.624. The summed E-state index contributed by atoms with van der Waals surface area (Å²) in [6, 6.07) is 6.26. The van der Waals surface area contributed by atoms with Gasteiger partial charge in [-0.15, -0.1) is 13.2 Å². The van der Waals surface area contributed by atoms with E-state index in [4.69, 9.17) is 4.74 Å². The van der Waals surface area contributed by atoms with E-state index in [-0.39, 0.29) is 12.0 Å². The second-order valence-corrected chi connectivity index (χ2v) is 5.74. The van der Waals surface area contributed by atoms with Crippen LogP contribution in [0, 0.1) is 0 Å². The number of rotatable bonds is 1. The molecular formula is C18H27N3O2. The van der Waals surface area contributed by atoms with Crippen LogP contribution in [-0.2, 0) is 0 Å². The molecule has 0 saturated carbocycles. The van der Waals surface area contributed by atoms with Crippen molar-refractivity contribution in [3.8, 4) is 5.75 Å². The normalized spacial score (nSPS) is 25.7. The molecule has 5 heteroatoms. The van der Waals surface area contributed by atoms with Gasteiger partial charge in [0.05, 0.1) is 18.2 Å². The van der Waals surface area contributed by atoms with E-state index in [1.54, 1.807) is 0 Å². The summed E-state index contributed by atoms with van der Waals surface area (Å²) < 4.78 is 5.90. The fraction of sp³-hybridized carbons (Fsp3) is 0.500. The van der Waals surface area contributed by atoms with E-state index in [0.717, 1.165) is 42.2 Å². The number of fused-ring (bicyclic) bond motifs is 1. The number of likely N-dealkylation sites (N-methyl/N-ethyl adjacent to an activating group) is 1. The van der Waals surface area contributed by atoms with Gasteiger partial charge in [0.25, 0.3) is 0 Å². The molecule has 3 rings (SSSR count). The third-order valence-corrected chi connectivity index (χ3v) is 4.38. The molecule has 2 aliphatic heterocycles. The fourth-order valence-corrected chi connectivity index (χ4v) is 3.20. The molecule has 2 heterocycles. The smallest absolute Gasteiger partial charge is 0.134 e. The molecule has 2 atom stereocenters. The summed E-state index contributed by atoms with van der Waals surface area (Å²) in [5, 5.41) is 13.4. The number of aliphatic hydroxyl groups excluding tert-OH is 1. The molecule has 1 aromatic rings. The van der Waals surface area contributed by atoms with Crippen molar-refractivity contribution >= 4 is 5.84 Å². The topological polar surface area (TPSA) is 57.1 Å². The second kappa shape index (κ2) is 8.13. The Bertz CT molecular complexity index is 559. The van der Waals surface area contributed by atoms with Gasteiger partial charge in [-0.25, -0.2) is 0 Å². The number of aliphatic hydroxyl groups is 1. The minimum Gasteiger partial charge on any atom is -0.491 e. The lowest BCUT2D eigenvalue weighted by Gasteiger charge is -2.29. The van der Waals surface area contributed by atoms with E-state index in [9.17, 15) is 5.11 Å². The van der Waals surface area contributed by atoms with Crippen LogP contribution >= 0.6 is 0 Å². The molecule has 23 heavy (non-hydrogen) atoms. The average Bonchev–Trinajstić information content (AvgIpc) is 2.74. The highest BCUT2D eigenvalue weighted by atomic mass is 16.5. The van der Waals surface area contributed by atoms with Gasteiger partial charge < -0.3 is 20.1 Å². The molecule has 1 aromatic carbocycles. The third kappa shape index (κ3) is 3.74. The van der Waals surface area contributed by atoms with Gasteiger partial charge in [0, 0.05) is 26.6 Å². The fourth-order valence-electron chi connectivity index (χ4n) is 3.20. The predicted molar refractivity (Wildman–Crippen MR) is 94.5 cm³/mol. The molecule has 2 aliphatic rings. The van der Waals surface area contributed by atoms with Crippen LogP contribution in [0.4, 0.5) is 0 Å². The lowest BCUT2D eigenvalue weighted by atomic mass is 9.87. The van der Waals surface area contributed by atoms with Crippen molar-refractivity contribution in [2.75, 3.05) is 40.3 Å². The minimum atomic E-state index is -0.329. The van der Waals surface area contributed by atoms with Gasteiger partial charge in [-0.05, 0) is 30.7 Å². The number of nitrogens with one attached hydrogen (secondary N) is 1. The van der Waals surface area contributed by atoms with Crippen LogP contribution in [0.2, 0.25) is 0 Å². The molecule has 0 aliphatic carbocycles. The van der Waals surface area contributed by atoms with Crippen molar-refractivity contribution in [3.63, 3.8) is 0 Å². The molecule has 0 aromatic heterocycles. The zero-order valence-electron chi connectivity index (χ0n) is 14.1. The summed E-state index contributed by atoms with van der Waals surface area (Å²) in [5.74, 6) is 2.02. The summed E-state index contributed by atoms with van der Waals surface area (Å²) in [6.45, 7) is 9.09. The van der Waals surface area contributed by atoms with E-state index >= 15 is 0 Å². The number of ether oxygens (including phenoxy) is 1. The summed E-state index contributed by atoms with van der Waals surface area (Å²) in [5.41, 5.74) is 2.19. The van der Waals surface area contributed by atoms with Crippen LogP contribution in [0.5, 0.6) is 5.75 Å². The van der Waals surface area contributed by atoms with E-state index in [0.29, 0.717) is 13.2 Å². The molecule has 126 valence electrons. The third-order valence-electron chi connectivity index (χ3n) is 4.38. The van der Waals surface area contributed by atoms with E-state index in [1.807, 2.05) is 14.1 Å². The Morgan fingerprint density at radius 1 is 1.39 bits per heavy atom. The number of hydrogen-bond acceptors (Lipinski definition) is 4. The van der Waals surface area contributed by atoms with Gasteiger partial charge in [0.2, 0.25) is 0 Å². The largest absolute Gasteiger partial charge is 0.491 e. The molecule has 0 spiro atoms. The average molecular weight is 317 g/mol. The SMILES string of the molecule is C=C.CN=C1c2ccc(C3CCNCC3O)cc2OCCN1C. The van der Waals surface area contributed by atoms with Gasteiger partial charge >= 0.3 is 0 Å². The molecule has 2 N–H and O–H groups in total. The van der Waals surface area contributed by atoms with E-state index in [2.05, 4.69) is 46.6 Å². The van der Waals surface area contributed by atoms with Gasteiger partial charge in [-0.2, -0.15) is 0 Å². The highest BCUT2D eigenvalue weighted by Gasteiger charge is 2.26. The maximum absolute atomic E-state index is 10.2. The monoisotopic (exact) mass is 317 g/mol. The van der Waals surface area contributed by atoms with Crippen molar-refractivity contribution in [2.45, 2.75) is 18.4 Å². The zero-order chi connectivity index (χ0) is 16.8. The predicted octanol–water partition coefficient (Wildman–Crippen LogP) is 1.63. The Morgan fingerprint density at radius 2 is 2.17 bits per heavy atom. The zero-order valence-corrected chi connectivity index (χ0v) is 14.1. The maximum Gasteiger partial charge on any atom is 0.134 e. The number of aliphatic imine (C=N–C) groups is 1. The number of nitrogens with zero attached hydrogens (tertiary/aromatic N) is 2. The summed E-state index contributed by atoms with van der Waals surface area (Å²) in [7, 11) is 3.84. The van der Waals surface area contributed by atoms with E-state index in [1.165, 1.54) is 0 Å². The molecule has 2 unspecified atom stereocenters. The first-order valence-electron chi connectivity index (χ1n) is 8.04. The van der Waals surface area contributed by atoms with Crippen LogP contribution in [0.15, 0.2) is 36.3 Å². The Balaban J connectivity index is 0.000000924. The molecule has 0 bridgehead atoms. The van der Waals surface area contributed by atoms with Crippen LogP contribution in [-0.4, -0.2) is 62.3 Å². The highest BCUT2D eigenvalue weighted by Crippen LogP contribution is 2.32. The first-order chi connectivity index (χ1) is 11.2. The van der Waals surface area contributed by atoms with Gasteiger partial charge in [0.15, 0.2) is 0 Å². The van der Waals surface area contributed by atoms with Crippen molar-refractivity contribution in [3.05, 3.63) is 42.5 Å². The molecular weight excluding hydrogens is 290 g/mol. The van der Waals surface area contributed by atoms with Gasteiger partial charge in [-0.1, -0.05) is 6.07 Å². The number of hydrogen-bond donors (Lipinski definition) is 2. The molecule has 1 saturated heterocycles. The van der Waals surface area contributed by atoms with Gasteiger partial charge in [-0.3, -0.25) is 4.99 Å². The second-order valence-electron chi connectivity index (χ2n) is 5.74. The minimum absolute atomic E-state index is 0.183. The first kappa shape index (κ1) is 17.5. The molecule has 5 nitrogen and oxygen atoms in total.